The first-order valence-corrected chi connectivity index (χ1v) is 14.9. The predicted molar refractivity (Wildman–Crippen MR) is 165 cm³/mol. The van der Waals surface area contributed by atoms with Crippen LogP contribution in [0.3, 0.4) is 0 Å². The summed E-state index contributed by atoms with van der Waals surface area (Å²) in [5.41, 5.74) is 2.67. The van der Waals surface area contributed by atoms with Crippen LogP contribution in [0.1, 0.15) is 81.5 Å². The molecule has 0 aliphatic carbocycles. The molecule has 0 aromatic heterocycles. The summed E-state index contributed by atoms with van der Waals surface area (Å²) in [5, 5.41) is 27.3. The third-order valence-electron chi connectivity index (χ3n) is 6.90. The van der Waals surface area contributed by atoms with E-state index in [0.717, 1.165) is 35.1 Å². The van der Waals surface area contributed by atoms with Gasteiger partial charge in [-0.2, -0.15) is 0 Å². The summed E-state index contributed by atoms with van der Waals surface area (Å²) in [6.45, 7) is 9.21. The van der Waals surface area contributed by atoms with Crippen LogP contribution in [0.5, 0.6) is 5.75 Å². The molecule has 2 atom stereocenters. The van der Waals surface area contributed by atoms with Crippen molar-refractivity contribution in [3.63, 3.8) is 0 Å². The number of rotatable bonds is 16. The Morgan fingerprint density at radius 2 is 1.51 bits per heavy atom. The highest BCUT2D eigenvalue weighted by Gasteiger charge is 2.29. The number of benzene rings is 2. The van der Waals surface area contributed by atoms with Gasteiger partial charge in [-0.1, -0.05) is 43.2 Å². The average Bonchev–Trinajstić information content (AvgIpc) is 2.90. The fourth-order valence-electron chi connectivity index (χ4n) is 4.77. The highest BCUT2D eigenvalue weighted by molar-refractivity contribution is 5.91. The largest absolute Gasteiger partial charge is 0.508 e. The molecule has 0 aliphatic heterocycles. The summed E-state index contributed by atoms with van der Waals surface area (Å²) in [4.78, 5) is 50.5. The summed E-state index contributed by atoms with van der Waals surface area (Å²) >= 11 is 0. The fourth-order valence-corrected chi connectivity index (χ4v) is 4.77. The predicted octanol–water partition coefficient (Wildman–Crippen LogP) is 4.71. The molecule has 2 aromatic rings. The topological polar surface area (TPSA) is 154 Å². The van der Waals surface area contributed by atoms with E-state index in [9.17, 15) is 24.3 Å². The molecule has 0 heterocycles. The lowest BCUT2D eigenvalue weighted by molar-refractivity contribution is -0.137. The van der Waals surface area contributed by atoms with Gasteiger partial charge < -0.3 is 30.9 Å². The van der Waals surface area contributed by atoms with Gasteiger partial charge in [0.1, 0.15) is 23.4 Å². The second-order valence-corrected chi connectivity index (χ2v) is 11.9. The van der Waals surface area contributed by atoms with Gasteiger partial charge in [0.2, 0.25) is 11.8 Å². The molecule has 0 aliphatic rings. The van der Waals surface area contributed by atoms with Gasteiger partial charge in [0.15, 0.2) is 0 Å². The van der Waals surface area contributed by atoms with Crippen LogP contribution in [-0.4, -0.2) is 58.3 Å². The molecule has 0 bridgehead atoms. The van der Waals surface area contributed by atoms with E-state index in [0.29, 0.717) is 32.2 Å². The Morgan fingerprint density at radius 1 is 0.860 bits per heavy atom. The van der Waals surface area contributed by atoms with Crippen LogP contribution in [0.4, 0.5) is 4.79 Å². The molecule has 5 N–H and O–H groups in total. The number of alkyl carbamates (subject to hydrolysis) is 1. The monoisotopic (exact) mass is 597 g/mol. The minimum atomic E-state index is -1.06. The Hall–Kier alpha value is -4.08. The second kappa shape index (κ2) is 17.1. The van der Waals surface area contributed by atoms with Gasteiger partial charge in [-0.25, -0.2) is 4.79 Å². The SMILES string of the molecule is Cc1cc(O)cc(C)c1C[C@H](NC(=O)OC(C)(C)C)C(=O)N[C@H](CCCCCC(=O)O)C(=O)NCCCc1ccccc1. The molecule has 236 valence electrons. The quantitative estimate of drug-likeness (QED) is 0.176. The molecule has 10 nitrogen and oxygen atoms in total. The first-order chi connectivity index (χ1) is 20.2. The van der Waals surface area contributed by atoms with Crippen molar-refractivity contribution < 1.29 is 34.1 Å². The molecular weight excluding hydrogens is 550 g/mol. The number of carbonyl (C=O) groups excluding carboxylic acids is 3. The van der Waals surface area contributed by atoms with Crippen LogP contribution in [0.25, 0.3) is 0 Å². The average molecular weight is 598 g/mol. The Bertz CT molecular complexity index is 1200. The van der Waals surface area contributed by atoms with E-state index < -0.39 is 35.7 Å². The summed E-state index contributed by atoms with van der Waals surface area (Å²) in [5.74, 6) is -1.66. The van der Waals surface area contributed by atoms with E-state index in [1.165, 1.54) is 0 Å². The summed E-state index contributed by atoms with van der Waals surface area (Å²) < 4.78 is 5.40. The zero-order chi connectivity index (χ0) is 32.0. The summed E-state index contributed by atoms with van der Waals surface area (Å²) in [6, 6.07) is 11.2. The first kappa shape index (κ1) is 35.1. The highest BCUT2D eigenvalue weighted by Crippen LogP contribution is 2.22. The minimum absolute atomic E-state index is 0.0376. The lowest BCUT2D eigenvalue weighted by atomic mass is 9.95. The number of hydrogen-bond acceptors (Lipinski definition) is 6. The molecule has 43 heavy (non-hydrogen) atoms. The Kier molecular flexibility index (Phi) is 14.0. The smallest absolute Gasteiger partial charge is 0.408 e. The maximum atomic E-state index is 13.7. The van der Waals surface area contributed by atoms with Crippen molar-refractivity contribution in [1.29, 1.82) is 0 Å². The number of unbranched alkanes of at least 4 members (excludes halogenated alkanes) is 2. The number of phenols is 1. The molecule has 2 aromatic carbocycles. The van der Waals surface area contributed by atoms with Crippen LogP contribution in [0.15, 0.2) is 42.5 Å². The van der Waals surface area contributed by atoms with Gasteiger partial charge in [-0.05, 0) is 94.7 Å². The summed E-state index contributed by atoms with van der Waals surface area (Å²) in [6.07, 6.45) is 2.81. The highest BCUT2D eigenvalue weighted by atomic mass is 16.6. The van der Waals surface area contributed by atoms with E-state index >= 15 is 0 Å². The van der Waals surface area contributed by atoms with Gasteiger partial charge in [0, 0.05) is 19.4 Å². The Balaban J connectivity index is 2.17. The number of aromatic hydroxyl groups is 1. The minimum Gasteiger partial charge on any atom is -0.508 e. The van der Waals surface area contributed by atoms with Gasteiger partial charge in [0.25, 0.3) is 0 Å². The number of carboxylic acid groups (broad SMARTS) is 1. The van der Waals surface area contributed by atoms with E-state index in [1.54, 1.807) is 32.9 Å². The van der Waals surface area contributed by atoms with Crippen molar-refractivity contribution in [2.45, 2.75) is 104 Å². The van der Waals surface area contributed by atoms with Crippen LogP contribution < -0.4 is 16.0 Å². The van der Waals surface area contributed by atoms with Gasteiger partial charge in [0.05, 0.1) is 0 Å². The molecule has 0 saturated carbocycles. The number of ether oxygens (including phenoxy) is 1. The summed E-state index contributed by atoms with van der Waals surface area (Å²) in [7, 11) is 0. The molecule has 2 rings (SSSR count). The molecule has 0 fully saturated rings. The molecule has 0 unspecified atom stereocenters. The number of amides is 3. The van der Waals surface area contributed by atoms with Crippen LogP contribution in [0, 0.1) is 13.8 Å². The normalized spacial score (nSPS) is 12.6. The zero-order valence-electron chi connectivity index (χ0n) is 26.0. The number of carboxylic acids is 1. The Morgan fingerprint density at radius 3 is 2.12 bits per heavy atom. The molecule has 0 spiro atoms. The van der Waals surface area contributed by atoms with Gasteiger partial charge >= 0.3 is 12.1 Å². The fraction of sp³-hybridized carbons (Fsp3) is 0.515. The third kappa shape index (κ3) is 13.6. The van der Waals surface area contributed by atoms with Crippen molar-refractivity contribution >= 4 is 23.9 Å². The number of aliphatic carboxylic acids is 1. The third-order valence-corrected chi connectivity index (χ3v) is 6.90. The molecule has 0 radical (unpaired) electrons. The van der Waals surface area contributed by atoms with Gasteiger partial charge in [-0.15, -0.1) is 0 Å². The van der Waals surface area contributed by atoms with Crippen molar-refractivity contribution in [3.05, 3.63) is 64.7 Å². The number of carbonyl (C=O) groups is 4. The molecule has 3 amide bonds. The number of phenolic OH excluding ortho intramolecular Hbond substituents is 1. The van der Waals surface area contributed by atoms with E-state index in [1.807, 2.05) is 44.2 Å². The van der Waals surface area contributed by atoms with E-state index in [4.69, 9.17) is 9.84 Å². The molecule has 0 saturated heterocycles. The maximum Gasteiger partial charge on any atom is 0.408 e. The van der Waals surface area contributed by atoms with Crippen molar-refractivity contribution in [2.75, 3.05) is 6.54 Å². The van der Waals surface area contributed by atoms with Crippen LogP contribution in [-0.2, 0) is 32.0 Å². The number of nitrogens with one attached hydrogen (secondary N) is 3. The lowest BCUT2D eigenvalue weighted by Gasteiger charge is -2.26. The lowest BCUT2D eigenvalue weighted by Crippen LogP contribution is -2.55. The van der Waals surface area contributed by atoms with Gasteiger partial charge in [-0.3, -0.25) is 14.4 Å². The second-order valence-electron chi connectivity index (χ2n) is 11.9. The first-order valence-electron chi connectivity index (χ1n) is 14.9. The van der Waals surface area contributed by atoms with Crippen molar-refractivity contribution in [2.24, 2.45) is 0 Å². The van der Waals surface area contributed by atoms with E-state index in [-0.39, 0.29) is 24.5 Å². The van der Waals surface area contributed by atoms with Crippen molar-refractivity contribution in [1.82, 2.24) is 16.0 Å². The maximum absolute atomic E-state index is 13.7. The van der Waals surface area contributed by atoms with Crippen LogP contribution >= 0.6 is 0 Å². The standard InChI is InChI=1S/C33H47N3O7/c1-22-19-25(37)20-23(2)26(22)21-28(36-32(42)43-33(3,4)5)31(41)35-27(16-10-7-11-17-29(38)39)30(40)34-18-12-15-24-13-8-6-9-14-24/h6,8-9,13-14,19-20,27-28,37H,7,10-12,15-18,21H2,1-5H3,(H,34,40)(H,35,41)(H,36,42)(H,38,39)/t27-,28+/m1/s1. The molecular formula is C33H47N3O7. The number of aryl methyl sites for hydroxylation is 3. The molecule has 10 heteroatoms. The van der Waals surface area contributed by atoms with Crippen molar-refractivity contribution in [3.8, 4) is 5.75 Å². The zero-order valence-corrected chi connectivity index (χ0v) is 26.0. The van der Waals surface area contributed by atoms with Crippen LogP contribution in [0.2, 0.25) is 0 Å². The Labute approximate surface area is 254 Å². The van der Waals surface area contributed by atoms with E-state index in [2.05, 4.69) is 16.0 Å². The number of hydrogen-bond donors (Lipinski definition) is 5.